The van der Waals surface area contributed by atoms with Crippen LogP contribution in [0.5, 0.6) is 0 Å². The smallest absolute Gasteiger partial charge is 0.335 e. The van der Waals surface area contributed by atoms with Gasteiger partial charge < -0.3 is 25.7 Å². The third-order valence-electron chi connectivity index (χ3n) is 4.46. The zero-order valence-corrected chi connectivity index (χ0v) is 17.5. The summed E-state index contributed by atoms with van der Waals surface area (Å²) in [6.45, 7) is 10.2. The maximum atomic E-state index is 9.77. The Morgan fingerprint density at radius 1 is 1.17 bits per heavy atom. The Bertz CT molecular complexity index is 634. The average Bonchev–Trinajstić information content (AvgIpc) is 3.15. The van der Waals surface area contributed by atoms with Crippen LogP contribution in [0.3, 0.4) is 0 Å². The number of aliphatic hydroxyl groups excluding tert-OH is 2. The van der Waals surface area contributed by atoms with Gasteiger partial charge in [-0.15, -0.1) is 0 Å². The molecule has 0 radical (unpaired) electrons. The minimum absolute atomic E-state index is 0.692. The molecule has 0 amide bonds. The summed E-state index contributed by atoms with van der Waals surface area (Å²) in [4.78, 5) is 22.1. The van der Waals surface area contributed by atoms with Gasteiger partial charge in [0, 0.05) is 24.7 Å². The van der Waals surface area contributed by atoms with Crippen LogP contribution in [-0.4, -0.2) is 75.7 Å². The maximum Gasteiger partial charge on any atom is 0.335 e. The molecule has 1 fully saturated rings. The second kappa shape index (κ2) is 12.8. The molecular weight excluding hydrogens is 400 g/mol. The highest BCUT2D eigenvalue weighted by molar-refractivity contribution is 6.31. The molecule has 1 aromatic rings. The van der Waals surface area contributed by atoms with E-state index in [-0.39, 0.29) is 0 Å². The molecule has 29 heavy (non-hydrogen) atoms. The molecule has 0 bridgehead atoms. The molecule has 0 aliphatic carbocycles. The summed E-state index contributed by atoms with van der Waals surface area (Å²) < 4.78 is 0. The van der Waals surface area contributed by atoms with Gasteiger partial charge in [-0.2, -0.15) is 0 Å². The Morgan fingerprint density at radius 2 is 1.76 bits per heavy atom. The summed E-state index contributed by atoms with van der Waals surface area (Å²) in [6.07, 6.45) is -3.23. The summed E-state index contributed by atoms with van der Waals surface area (Å²) in [6, 6.07) is 8.20. The number of aliphatic carboxylic acids is 2. The number of hydrogen-bond donors (Lipinski definition) is 5. The van der Waals surface area contributed by atoms with Gasteiger partial charge in [-0.1, -0.05) is 43.6 Å². The lowest BCUT2D eigenvalue weighted by molar-refractivity contribution is -0.165. The summed E-state index contributed by atoms with van der Waals surface area (Å²) in [5, 5.41) is 36.9. The second-order valence-electron chi connectivity index (χ2n) is 7.60. The van der Waals surface area contributed by atoms with Crippen LogP contribution in [0.1, 0.15) is 25.8 Å². The molecule has 2 rings (SSSR count). The lowest BCUT2D eigenvalue weighted by Gasteiger charge is -2.27. The largest absolute Gasteiger partial charge is 0.479 e. The number of halogens is 1. The van der Waals surface area contributed by atoms with Crippen LogP contribution in [0, 0.1) is 11.8 Å². The first-order valence-electron chi connectivity index (χ1n) is 9.60. The SMILES string of the molecule is CC(C)CN(Cc1ccccc1Cl)C[C@@H]1CCNC1.O=C(O)[C@H](O)[C@@H](O)C(=O)O. The standard InChI is InChI=1S/C16H25ClN2.C4H6O6/c1-13(2)10-19(11-14-7-8-18-9-14)12-15-5-3-4-6-16(15)17;5-1(3(7)8)2(6)4(9)10/h3-6,13-14,18H,7-12H2,1-2H3;1-2,5-6H,(H,7,8)(H,9,10)/t14-;1-,2-/m11/s1. The Kier molecular flexibility index (Phi) is 11.2. The molecule has 0 saturated carbocycles. The van der Waals surface area contributed by atoms with Gasteiger partial charge in [0.2, 0.25) is 0 Å². The van der Waals surface area contributed by atoms with Crippen molar-refractivity contribution in [2.75, 3.05) is 26.2 Å². The molecule has 1 aliphatic heterocycles. The van der Waals surface area contributed by atoms with E-state index in [4.69, 9.17) is 32.0 Å². The number of carboxylic acids is 2. The van der Waals surface area contributed by atoms with Crippen molar-refractivity contribution in [1.29, 1.82) is 0 Å². The van der Waals surface area contributed by atoms with Crippen LogP contribution in [-0.2, 0) is 16.1 Å². The third kappa shape index (κ3) is 9.56. The highest BCUT2D eigenvalue weighted by atomic mass is 35.5. The number of hydrogen-bond acceptors (Lipinski definition) is 6. The number of carboxylic acid groups (broad SMARTS) is 2. The van der Waals surface area contributed by atoms with E-state index >= 15 is 0 Å². The van der Waals surface area contributed by atoms with E-state index in [2.05, 4.69) is 36.2 Å². The van der Waals surface area contributed by atoms with Gasteiger partial charge in [-0.25, -0.2) is 9.59 Å². The number of nitrogens with zero attached hydrogens (tertiary/aromatic N) is 1. The van der Waals surface area contributed by atoms with Gasteiger partial charge >= 0.3 is 11.9 Å². The van der Waals surface area contributed by atoms with Crippen LogP contribution in [0.25, 0.3) is 0 Å². The molecule has 9 heteroatoms. The quantitative estimate of drug-likeness (QED) is 0.396. The van der Waals surface area contributed by atoms with Crippen molar-refractivity contribution < 1.29 is 30.0 Å². The minimum atomic E-state index is -2.27. The van der Waals surface area contributed by atoms with Crippen molar-refractivity contribution in [3.63, 3.8) is 0 Å². The first-order valence-corrected chi connectivity index (χ1v) is 9.97. The zero-order chi connectivity index (χ0) is 22.0. The third-order valence-corrected chi connectivity index (χ3v) is 4.83. The van der Waals surface area contributed by atoms with Gasteiger partial charge in [0.05, 0.1) is 0 Å². The number of aliphatic hydroxyl groups is 2. The fourth-order valence-electron chi connectivity index (χ4n) is 3.09. The first kappa shape index (κ1) is 25.3. The second-order valence-corrected chi connectivity index (χ2v) is 8.01. The van der Waals surface area contributed by atoms with E-state index < -0.39 is 24.1 Å². The van der Waals surface area contributed by atoms with Crippen molar-refractivity contribution >= 4 is 23.5 Å². The van der Waals surface area contributed by atoms with E-state index in [1.165, 1.54) is 25.1 Å². The predicted octanol–water partition coefficient (Wildman–Crippen LogP) is 1.28. The highest BCUT2D eigenvalue weighted by Crippen LogP contribution is 2.19. The zero-order valence-electron chi connectivity index (χ0n) is 16.8. The van der Waals surface area contributed by atoms with Crippen molar-refractivity contribution in [3.8, 4) is 0 Å². The van der Waals surface area contributed by atoms with Crippen molar-refractivity contribution in [2.45, 2.75) is 39.0 Å². The van der Waals surface area contributed by atoms with E-state index in [1.807, 2.05) is 12.1 Å². The molecule has 0 aromatic heterocycles. The number of rotatable bonds is 9. The van der Waals surface area contributed by atoms with Gasteiger partial charge in [-0.05, 0) is 43.0 Å². The molecule has 0 spiro atoms. The van der Waals surface area contributed by atoms with E-state index in [1.54, 1.807) is 0 Å². The number of benzene rings is 1. The summed E-state index contributed by atoms with van der Waals surface area (Å²) in [7, 11) is 0. The summed E-state index contributed by atoms with van der Waals surface area (Å²) in [5.41, 5.74) is 1.25. The Hall–Kier alpha value is -1.71. The fourth-order valence-corrected chi connectivity index (χ4v) is 3.29. The monoisotopic (exact) mass is 430 g/mol. The van der Waals surface area contributed by atoms with Gasteiger partial charge in [0.1, 0.15) is 0 Å². The maximum absolute atomic E-state index is 9.77. The molecule has 1 aliphatic rings. The Labute approximate surface area is 176 Å². The molecule has 8 nitrogen and oxygen atoms in total. The van der Waals surface area contributed by atoms with Crippen LogP contribution in [0.4, 0.5) is 0 Å². The molecular formula is C20H31ClN2O6. The molecule has 0 unspecified atom stereocenters. The molecule has 1 aromatic carbocycles. The van der Waals surface area contributed by atoms with Crippen LogP contribution < -0.4 is 5.32 Å². The first-order chi connectivity index (χ1) is 13.6. The van der Waals surface area contributed by atoms with Crippen LogP contribution >= 0.6 is 11.6 Å². The van der Waals surface area contributed by atoms with Gasteiger partial charge in [0.25, 0.3) is 0 Å². The lowest BCUT2D eigenvalue weighted by Crippen LogP contribution is -2.39. The van der Waals surface area contributed by atoms with Crippen LogP contribution in [0.2, 0.25) is 5.02 Å². The molecule has 5 N–H and O–H groups in total. The average molecular weight is 431 g/mol. The summed E-state index contributed by atoms with van der Waals surface area (Å²) >= 11 is 6.28. The van der Waals surface area contributed by atoms with E-state index in [0.29, 0.717) is 5.92 Å². The molecule has 164 valence electrons. The van der Waals surface area contributed by atoms with Gasteiger partial charge in [-0.3, -0.25) is 4.90 Å². The number of carbonyl (C=O) groups is 2. The van der Waals surface area contributed by atoms with Gasteiger partial charge in [0.15, 0.2) is 12.2 Å². The fraction of sp³-hybridized carbons (Fsp3) is 0.600. The lowest BCUT2D eigenvalue weighted by atomic mass is 10.1. The molecule has 3 atom stereocenters. The van der Waals surface area contributed by atoms with E-state index in [0.717, 1.165) is 30.6 Å². The Morgan fingerprint density at radius 3 is 2.21 bits per heavy atom. The molecule has 1 saturated heterocycles. The van der Waals surface area contributed by atoms with Crippen molar-refractivity contribution in [1.82, 2.24) is 10.2 Å². The normalized spacial score (nSPS) is 18.2. The van der Waals surface area contributed by atoms with Crippen LogP contribution in [0.15, 0.2) is 24.3 Å². The van der Waals surface area contributed by atoms with E-state index in [9.17, 15) is 9.59 Å². The topological polar surface area (TPSA) is 130 Å². The highest BCUT2D eigenvalue weighted by Gasteiger charge is 2.29. The van der Waals surface area contributed by atoms with Crippen molar-refractivity contribution in [3.05, 3.63) is 34.9 Å². The molecule has 1 heterocycles. The van der Waals surface area contributed by atoms with Crippen molar-refractivity contribution in [2.24, 2.45) is 11.8 Å². The Balaban J connectivity index is 0.000000359. The summed E-state index contributed by atoms with van der Waals surface area (Å²) in [5.74, 6) is -2.05. The number of nitrogens with one attached hydrogen (secondary N) is 1. The predicted molar refractivity (Wildman–Crippen MR) is 110 cm³/mol. The minimum Gasteiger partial charge on any atom is -0.479 e.